The maximum absolute atomic E-state index is 3.63. The molecular weight excluding hydrogens is 246 g/mol. The van der Waals surface area contributed by atoms with Crippen molar-refractivity contribution in [3.8, 4) is 0 Å². The zero-order chi connectivity index (χ0) is 14.4. The van der Waals surface area contributed by atoms with Crippen LogP contribution in [0, 0.1) is 0 Å². The van der Waals surface area contributed by atoms with Crippen molar-refractivity contribution in [1.29, 1.82) is 0 Å². The van der Waals surface area contributed by atoms with Gasteiger partial charge in [-0.2, -0.15) is 0 Å². The third-order valence-corrected chi connectivity index (χ3v) is 4.35. The van der Waals surface area contributed by atoms with Gasteiger partial charge in [0.15, 0.2) is 0 Å². The van der Waals surface area contributed by atoms with Gasteiger partial charge in [0.05, 0.1) is 0 Å². The lowest BCUT2D eigenvalue weighted by atomic mass is 10.1. The predicted molar refractivity (Wildman–Crippen MR) is 86.0 cm³/mol. The second-order valence-corrected chi connectivity index (χ2v) is 5.76. The molecule has 0 bridgehead atoms. The molecule has 3 nitrogen and oxygen atoms in total. The van der Waals surface area contributed by atoms with Crippen molar-refractivity contribution in [3.63, 3.8) is 0 Å². The fourth-order valence-corrected chi connectivity index (χ4v) is 3.18. The molecule has 2 atom stereocenters. The molecule has 0 radical (unpaired) electrons. The van der Waals surface area contributed by atoms with Crippen LogP contribution in [0.15, 0.2) is 30.3 Å². The molecule has 0 spiro atoms. The number of piperazine rings is 1. The van der Waals surface area contributed by atoms with Crippen LogP contribution in [-0.2, 0) is 0 Å². The van der Waals surface area contributed by atoms with E-state index in [1.165, 1.54) is 31.7 Å². The van der Waals surface area contributed by atoms with E-state index in [1.54, 1.807) is 0 Å². The Morgan fingerprint density at radius 2 is 1.95 bits per heavy atom. The van der Waals surface area contributed by atoms with E-state index in [-0.39, 0.29) is 0 Å². The lowest BCUT2D eigenvalue weighted by molar-refractivity contribution is 0.0813. The van der Waals surface area contributed by atoms with Crippen LogP contribution in [0.3, 0.4) is 0 Å². The summed E-state index contributed by atoms with van der Waals surface area (Å²) in [5.41, 5.74) is 1.40. The van der Waals surface area contributed by atoms with E-state index in [1.807, 2.05) is 0 Å². The van der Waals surface area contributed by atoms with Gasteiger partial charge in [0.1, 0.15) is 0 Å². The summed E-state index contributed by atoms with van der Waals surface area (Å²) in [6, 6.07) is 12.0. The van der Waals surface area contributed by atoms with Crippen LogP contribution < -0.4 is 5.32 Å². The van der Waals surface area contributed by atoms with Gasteiger partial charge >= 0.3 is 0 Å². The van der Waals surface area contributed by atoms with Crippen molar-refractivity contribution in [3.05, 3.63) is 35.9 Å². The summed E-state index contributed by atoms with van der Waals surface area (Å²) >= 11 is 0. The summed E-state index contributed by atoms with van der Waals surface area (Å²) in [7, 11) is 0. The summed E-state index contributed by atoms with van der Waals surface area (Å²) in [6.07, 6.45) is 0. The third-order valence-electron chi connectivity index (χ3n) is 4.35. The molecule has 1 aromatic rings. The molecule has 1 saturated heterocycles. The topological polar surface area (TPSA) is 18.5 Å². The Hall–Kier alpha value is -0.900. The maximum atomic E-state index is 3.63. The lowest BCUT2D eigenvalue weighted by Crippen LogP contribution is -2.53. The summed E-state index contributed by atoms with van der Waals surface area (Å²) in [6.45, 7) is 13.7. The SMILES string of the molecule is CCNC(CN1CCN(CC)C(C)C1)c1ccccc1. The molecule has 2 rings (SSSR count). The summed E-state index contributed by atoms with van der Waals surface area (Å²) in [5, 5.41) is 3.63. The van der Waals surface area contributed by atoms with E-state index < -0.39 is 0 Å². The first kappa shape index (κ1) is 15.5. The quantitative estimate of drug-likeness (QED) is 0.860. The largest absolute Gasteiger partial charge is 0.309 e. The minimum Gasteiger partial charge on any atom is -0.309 e. The molecule has 3 heteroatoms. The molecule has 1 N–H and O–H groups in total. The average Bonchev–Trinajstić information content (AvgIpc) is 2.48. The van der Waals surface area contributed by atoms with Gasteiger partial charge in [-0.25, -0.2) is 0 Å². The first-order chi connectivity index (χ1) is 9.74. The molecule has 0 saturated carbocycles. The van der Waals surface area contributed by atoms with Gasteiger partial charge in [0, 0.05) is 38.3 Å². The number of hydrogen-bond acceptors (Lipinski definition) is 3. The van der Waals surface area contributed by atoms with Crippen LogP contribution in [0.25, 0.3) is 0 Å². The molecule has 112 valence electrons. The summed E-state index contributed by atoms with van der Waals surface area (Å²) in [4.78, 5) is 5.18. The van der Waals surface area contributed by atoms with Crippen molar-refractivity contribution in [2.75, 3.05) is 39.3 Å². The van der Waals surface area contributed by atoms with E-state index >= 15 is 0 Å². The van der Waals surface area contributed by atoms with Crippen LogP contribution in [0.5, 0.6) is 0 Å². The molecule has 1 fully saturated rings. The van der Waals surface area contributed by atoms with Gasteiger partial charge in [0.2, 0.25) is 0 Å². The van der Waals surface area contributed by atoms with Crippen molar-refractivity contribution >= 4 is 0 Å². The Morgan fingerprint density at radius 1 is 1.20 bits per heavy atom. The number of nitrogens with zero attached hydrogens (tertiary/aromatic N) is 2. The van der Waals surface area contributed by atoms with Crippen LogP contribution in [-0.4, -0.2) is 55.1 Å². The van der Waals surface area contributed by atoms with Crippen molar-refractivity contribution in [2.45, 2.75) is 32.9 Å². The second-order valence-electron chi connectivity index (χ2n) is 5.76. The van der Waals surface area contributed by atoms with Crippen LogP contribution >= 0.6 is 0 Å². The Labute approximate surface area is 124 Å². The molecule has 1 aromatic carbocycles. The first-order valence-corrected chi connectivity index (χ1v) is 7.99. The molecule has 0 aromatic heterocycles. The molecular formula is C17H29N3. The minimum absolute atomic E-state index is 0.446. The van der Waals surface area contributed by atoms with Crippen molar-refractivity contribution < 1.29 is 0 Å². The van der Waals surface area contributed by atoms with E-state index in [0.29, 0.717) is 12.1 Å². The Bertz CT molecular complexity index is 379. The molecule has 20 heavy (non-hydrogen) atoms. The number of hydrogen-bond donors (Lipinski definition) is 1. The van der Waals surface area contributed by atoms with Crippen molar-refractivity contribution in [1.82, 2.24) is 15.1 Å². The van der Waals surface area contributed by atoms with Gasteiger partial charge < -0.3 is 5.32 Å². The van der Waals surface area contributed by atoms with Gasteiger partial charge in [0.25, 0.3) is 0 Å². The standard InChI is InChI=1S/C17H29N3/c1-4-18-17(16-9-7-6-8-10-16)14-19-11-12-20(5-2)15(3)13-19/h6-10,15,17-18H,4-5,11-14H2,1-3H3. The number of rotatable bonds is 6. The second kappa shape index (κ2) is 7.77. The maximum Gasteiger partial charge on any atom is 0.0449 e. The molecule has 1 aliphatic rings. The minimum atomic E-state index is 0.446. The zero-order valence-electron chi connectivity index (χ0n) is 13.2. The summed E-state index contributed by atoms with van der Waals surface area (Å²) in [5.74, 6) is 0. The van der Waals surface area contributed by atoms with E-state index in [4.69, 9.17) is 0 Å². The van der Waals surface area contributed by atoms with E-state index in [2.05, 4.69) is 66.2 Å². The fraction of sp³-hybridized carbons (Fsp3) is 0.647. The van der Waals surface area contributed by atoms with E-state index in [0.717, 1.165) is 13.1 Å². The third kappa shape index (κ3) is 4.05. The smallest absolute Gasteiger partial charge is 0.0449 e. The summed E-state index contributed by atoms with van der Waals surface area (Å²) < 4.78 is 0. The van der Waals surface area contributed by atoms with Gasteiger partial charge in [-0.1, -0.05) is 44.2 Å². The Morgan fingerprint density at radius 3 is 2.55 bits per heavy atom. The normalized spacial score (nSPS) is 22.9. The first-order valence-electron chi connectivity index (χ1n) is 7.99. The molecule has 0 aliphatic carbocycles. The molecule has 0 amide bonds. The highest BCUT2D eigenvalue weighted by molar-refractivity contribution is 5.19. The highest BCUT2D eigenvalue weighted by atomic mass is 15.3. The highest BCUT2D eigenvalue weighted by Gasteiger charge is 2.24. The predicted octanol–water partition coefficient (Wildman–Crippen LogP) is 2.36. The Kier molecular flexibility index (Phi) is 6.02. The molecule has 2 unspecified atom stereocenters. The fourth-order valence-electron chi connectivity index (χ4n) is 3.18. The molecule has 1 aliphatic heterocycles. The van der Waals surface area contributed by atoms with Gasteiger partial charge in [-0.15, -0.1) is 0 Å². The van der Waals surface area contributed by atoms with Crippen molar-refractivity contribution in [2.24, 2.45) is 0 Å². The van der Waals surface area contributed by atoms with Gasteiger partial charge in [-0.3, -0.25) is 9.80 Å². The number of nitrogens with one attached hydrogen (secondary N) is 1. The Balaban J connectivity index is 1.95. The molecule has 1 heterocycles. The monoisotopic (exact) mass is 275 g/mol. The average molecular weight is 275 g/mol. The highest BCUT2D eigenvalue weighted by Crippen LogP contribution is 2.17. The van der Waals surface area contributed by atoms with Gasteiger partial charge in [-0.05, 0) is 25.6 Å². The lowest BCUT2D eigenvalue weighted by Gasteiger charge is -2.40. The number of benzene rings is 1. The zero-order valence-corrected chi connectivity index (χ0v) is 13.2. The number of likely N-dealkylation sites (N-methyl/N-ethyl adjacent to an activating group) is 2. The van der Waals surface area contributed by atoms with E-state index in [9.17, 15) is 0 Å². The van der Waals surface area contributed by atoms with Crippen LogP contribution in [0.1, 0.15) is 32.4 Å². The van der Waals surface area contributed by atoms with Crippen LogP contribution in [0.4, 0.5) is 0 Å². The van der Waals surface area contributed by atoms with Crippen LogP contribution in [0.2, 0.25) is 0 Å².